The molecule has 0 aromatic heterocycles. The van der Waals surface area contributed by atoms with Crippen LogP contribution in [0.1, 0.15) is 13.3 Å². The summed E-state index contributed by atoms with van der Waals surface area (Å²) < 4.78 is 18.5. The number of terminal acetylenes is 1. The van der Waals surface area contributed by atoms with Crippen LogP contribution in [0.4, 0.5) is 0 Å². The van der Waals surface area contributed by atoms with E-state index in [1.807, 2.05) is 6.92 Å². The zero-order valence-electron chi connectivity index (χ0n) is 5.33. The van der Waals surface area contributed by atoms with Crippen molar-refractivity contribution in [1.82, 2.24) is 0 Å². The fraction of sp³-hybridized carbons (Fsp3) is 0.667. The molecule has 0 aliphatic carbocycles. The minimum atomic E-state index is -1.74. The number of rotatable bonds is 3. The van der Waals surface area contributed by atoms with Crippen molar-refractivity contribution in [1.29, 1.82) is 0 Å². The Bertz CT molecular complexity index is 136. The monoisotopic (exact) mass is 146 g/mol. The van der Waals surface area contributed by atoms with E-state index in [1.165, 1.54) is 0 Å². The van der Waals surface area contributed by atoms with Gasteiger partial charge in [-0.3, -0.25) is 0 Å². The Morgan fingerprint density at radius 1 is 1.89 bits per heavy atom. The van der Waals surface area contributed by atoms with E-state index in [1.54, 1.807) is 0 Å². The van der Waals surface area contributed by atoms with Crippen LogP contribution in [0.25, 0.3) is 0 Å². The topological polar surface area (TPSA) is 37.3 Å². The third-order valence-electron chi connectivity index (χ3n) is 1.07. The lowest BCUT2D eigenvalue weighted by Gasteiger charge is -2.01. The highest BCUT2D eigenvalue weighted by atomic mass is 32.2. The maximum atomic E-state index is 10.1. The third-order valence-corrected chi connectivity index (χ3v) is 1.76. The molecule has 52 valence electrons. The Hall–Kier alpha value is -0.330. The predicted octanol–water partition coefficient (Wildman–Crippen LogP) is 0.867. The molecule has 0 heterocycles. The van der Waals surface area contributed by atoms with Gasteiger partial charge in [0.15, 0.2) is 11.1 Å². The van der Waals surface area contributed by atoms with Crippen molar-refractivity contribution < 1.29 is 8.76 Å². The molecule has 0 saturated heterocycles. The Morgan fingerprint density at radius 2 is 2.44 bits per heavy atom. The summed E-state index contributed by atoms with van der Waals surface area (Å²) >= 11 is -1.74. The van der Waals surface area contributed by atoms with E-state index in [9.17, 15) is 4.21 Å². The molecule has 0 aromatic rings. The van der Waals surface area contributed by atoms with Crippen molar-refractivity contribution in [3.63, 3.8) is 0 Å². The normalized spacial score (nSPS) is 16.1. The fourth-order valence-electron chi connectivity index (χ4n) is 0.456. The van der Waals surface area contributed by atoms with Crippen LogP contribution >= 0.6 is 0 Å². The third kappa shape index (κ3) is 4.19. The molecule has 2 unspecified atom stereocenters. The molecule has 0 bridgehead atoms. The zero-order chi connectivity index (χ0) is 7.28. The highest BCUT2D eigenvalue weighted by Gasteiger charge is 2.04. The van der Waals surface area contributed by atoms with E-state index in [-0.39, 0.29) is 11.7 Å². The van der Waals surface area contributed by atoms with Gasteiger partial charge in [0.05, 0.1) is 5.75 Å². The summed E-state index contributed by atoms with van der Waals surface area (Å²) in [5.74, 6) is 2.59. The summed E-state index contributed by atoms with van der Waals surface area (Å²) in [5.41, 5.74) is 0. The molecule has 0 rings (SSSR count). The van der Waals surface area contributed by atoms with Crippen molar-refractivity contribution in [2.45, 2.75) is 13.3 Å². The largest absolute Gasteiger partial charge is 0.306 e. The average molecular weight is 146 g/mol. The van der Waals surface area contributed by atoms with Crippen LogP contribution < -0.4 is 0 Å². The van der Waals surface area contributed by atoms with Crippen molar-refractivity contribution in [2.75, 3.05) is 5.75 Å². The highest BCUT2D eigenvalue weighted by molar-refractivity contribution is 7.79. The van der Waals surface area contributed by atoms with Gasteiger partial charge in [-0.05, 0) is 6.42 Å². The van der Waals surface area contributed by atoms with Gasteiger partial charge in [0.1, 0.15) is 0 Å². The molecule has 0 saturated carbocycles. The molecule has 2 nitrogen and oxygen atoms in total. The van der Waals surface area contributed by atoms with Gasteiger partial charge in [-0.2, -0.15) is 0 Å². The molecule has 0 fully saturated rings. The van der Waals surface area contributed by atoms with Gasteiger partial charge < -0.3 is 4.55 Å². The Kier molecular flexibility index (Phi) is 4.37. The molecule has 3 heteroatoms. The first-order chi connectivity index (χ1) is 4.20. The fourth-order valence-corrected chi connectivity index (χ4v) is 1.13. The molecule has 0 aliphatic heterocycles. The molecule has 1 N–H and O–H groups in total. The Labute approximate surface area is 57.9 Å². The standard InChI is InChI=1S/C6H10O2S/c1-3-6(4-2)5-9(7)8/h1,6H,4-5H2,2H3,(H,7,8). The van der Waals surface area contributed by atoms with Crippen LogP contribution in [0.3, 0.4) is 0 Å². The van der Waals surface area contributed by atoms with Crippen molar-refractivity contribution in [2.24, 2.45) is 5.92 Å². The smallest absolute Gasteiger partial charge is 0.154 e. The minimum Gasteiger partial charge on any atom is -0.306 e. The van der Waals surface area contributed by atoms with E-state index in [4.69, 9.17) is 11.0 Å². The zero-order valence-corrected chi connectivity index (χ0v) is 6.15. The first kappa shape index (κ1) is 8.67. The maximum Gasteiger partial charge on any atom is 0.154 e. The molecule has 0 aliphatic rings. The van der Waals surface area contributed by atoms with Crippen molar-refractivity contribution in [3.05, 3.63) is 0 Å². The van der Waals surface area contributed by atoms with Gasteiger partial charge in [0, 0.05) is 5.92 Å². The number of hydrogen-bond acceptors (Lipinski definition) is 1. The lowest BCUT2D eigenvalue weighted by Crippen LogP contribution is -2.06. The molecular formula is C6H10O2S. The van der Waals surface area contributed by atoms with Gasteiger partial charge in [-0.1, -0.05) is 6.92 Å². The SMILES string of the molecule is C#CC(CC)CS(=O)O. The first-order valence-corrected chi connectivity index (χ1v) is 4.01. The highest BCUT2D eigenvalue weighted by Crippen LogP contribution is 2.00. The predicted molar refractivity (Wildman–Crippen MR) is 38.3 cm³/mol. The van der Waals surface area contributed by atoms with Gasteiger partial charge in [-0.25, -0.2) is 4.21 Å². The van der Waals surface area contributed by atoms with Gasteiger partial charge in [0.2, 0.25) is 0 Å². The second-order valence-electron chi connectivity index (χ2n) is 1.76. The van der Waals surface area contributed by atoms with Gasteiger partial charge >= 0.3 is 0 Å². The Morgan fingerprint density at radius 3 is 2.56 bits per heavy atom. The number of hydrogen-bond donors (Lipinski definition) is 1. The van der Waals surface area contributed by atoms with Crippen LogP contribution in [0.15, 0.2) is 0 Å². The second kappa shape index (κ2) is 4.54. The van der Waals surface area contributed by atoms with E-state index in [0.29, 0.717) is 0 Å². The molecule has 0 aromatic carbocycles. The summed E-state index contributed by atoms with van der Waals surface area (Å²) in [7, 11) is 0. The lowest BCUT2D eigenvalue weighted by molar-refractivity contribution is 0.552. The van der Waals surface area contributed by atoms with Crippen LogP contribution in [0.2, 0.25) is 0 Å². The minimum absolute atomic E-state index is 0.0455. The van der Waals surface area contributed by atoms with Crippen molar-refractivity contribution in [3.8, 4) is 12.3 Å². The maximum absolute atomic E-state index is 10.1. The Balaban J connectivity index is 3.60. The van der Waals surface area contributed by atoms with Gasteiger partial charge in [-0.15, -0.1) is 12.3 Å². The van der Waals surface area contributed by atoms with E-state index < -0.39 is 11.1 Å². The van der Waals surface area contributed by atoms with Crippen molar-refractivity contribution >= 4 is 11.1 Å². The summed E-state index contributed by atoms with van der Waals surface area (Å²) in [6.45, 7) is 1.90. The summed E-state index contributed by atoms with van der Waals surface area (Å²) in [6.07, 6.45) is 5.80. The molecule has 0 amide bonds. The molecule has 0 spiro atoms. The molecule has 2 atom stereocenters. The van der Waals surface area contributed by atoms with E-state index >= 15 is 0 Å². The van der Waals surface area contributed by atoms with Crippen LogP contribution in [0.5, 0.6) is 0 Å². The van der Waals surface area contributed by atoms with Crippen LogP contribution in [-0.4, -0.2) is 14.5 Å². The summed E-state index contributed by atoms with van der Waals surface area (Å²) in [4.78, 5) is 0. The van der Waals surface area contributed by atoms with Crippen LogP contribution in [-0.2, 0) is 11.1 Å². The molecular weight excluding hydrogens is 136 g/mol. The first-order valence-electron chi connectivity index (χ1n) is 2.74. The quantitative estimate of drug-likeness (QED) is 0.474. The van der Waals surface area contributed by atoms with E-state index in [2.05, 4.69) is 5.92 Å². The average Bonchev–Trinajstić information content (AvgIpc) is 1.82. The van der Waals surface area contributed by atoms with Crippen LogP contribution in [0, 0.1) is 18.3 Å². The summed E-state index contributed by atoms with van der Waals surface area (Å²) in [5, 5.41) is 0. The van der Waals surface area contributed by atoms with Gasteiger partial charge in [0.25, 0.3) is 0 Å². The van der Waals surface area contributed by atoms with E-state index in [0.717, 1.165) is 6.42 Å². The second-order valence-corrected chi connectivity index (χ2v) is 2.74. The summed E-state index contributed by atoms with van der Waals surface area (Å²) in [6, 6.07) is 0. The molecule has 9 heavy (non-hydrogen) atoms. The molecule has 0 radical (unpaired) electrons. The lowest BCUT2D eigenvalue weighted by atomic mass is 10.1.